The first kappa shape index (κ1) is 19.1. The van der Waals surface area contributed by atoms with Crippen LogP contribution < -0.4 is 15.5 Å². The molecule has 0 bridgehead atoms. The molecule has 1 aliphatic rings. The average Bonchev–Trinajstić information content (AvgIpc) is 2.69. The summed E-state index contributed by atoms with van der Waals surface area (Å²) in [6, 6.07) is 9.50. The highest BCUT2D eigenvalue weighted by Gasteiger charge is 2.17. The van der Waals surface area contributed by atoms with E-state index in [2.05, 4.69) is 39.3 Å². The Morgan fingerprint density at radius 3 is 2.78 bits per heavy atom. The lowest BCUT2D eigenvalue weighted by Crippen LogP contribution is -2.36. The predicted molar refractivity (Wildman–Crippen MR) is 107 cm³/mol. The second-order valence-electron chi connectivity index (χ2n) is 6.97. The van der Waals surface area contributed by atoms with Gasteiger partial charge in [0.25, 0.3) is 5.91 Å². The van der Waals surface area contributed by atoms with Crippen LogP contribution in [-0.4, -0.2) is 48.7 Å². The standard InChI is InChI=1S/C20H27N5O2/c1-15(2)7-8-21-19-13-17(22-14-23-19)20(26)24-16-5-3-4-6-18(16)25-9-11-27-12-10-25/h3-6,13-15H,7-12H2,1-2H3,(H,24,26)(H,21,22,23). The van der Waals surface area contributed by atoms with Crippen molar-refractivity contribution in [2.45, 2.75) is 20.3 Å². The Labute approximate surface area is 160 Å². The summed E-state index contributed by atoms with van der Waals surface area (Å²) in [6.45, 7) is 8.17. The van der Waals surface area contributed by atoms with Crippen molar-refractivity contribution in [3.63, 3.8) is 0 Å². The molecular weight excluding hydrogens is 342 g/mol. The van der Waals surface area contributed by atoms with Crippen molar-refractivity contribution in [1.29, 1.82) is 0 Å². The summed E-state index contributed by atoms with van der Waals surface area (Å²) >= 11 is 0. The number of nitrogens with one attached hydrogen (secondary N) is 2. The van der Waals surface area contributed by atoms with Crippen molar-refractivity contribution < 1.29 is 9.53 Å². The molecule has 1 saturated heterocycles. The normalized spacial score (nSPS) is 14.3. The van der Waals surface area contributed by atoms with Gasteiger partial charge in [0, 0.05) is 25.7 Å². The van der Waals surface area contributed by atoms with E-state index in [0.29, 0.717) is 30.6 Å². The molecule has 1 aliphatic heterocycles. The Bertz CT molecular complexity index is 760. The quantitative estimate of drug-likeness (QED) is 0.781. The number of aromatic nitrogens is 2. The number of hydrogen-bond acceptors (Lipinski definition) is 6. The number of nitrogens with zero attached hydrogens (tertiary/aromatic N) is 3. The van der Waals surface area contributed by atoms with E-state index < -0.39 is 0 Å². The molecule has 1 aromatic carbocycles. The van der Waals surface area contributed by atoms with Gasteiger partial charge < -0.3 is 20.3 Å². The second kappa shape index (κ2) is 9.32. The van der Waals surface area contributed by atoms with Crippen LogP contribution in [0.15, 0.2) is 36.7 Å². The SMILES string of the molecule is CC(C)CCNc1cc(C(=O)Nc2ccccc2N2CCOCC2)ncn1. The molecule has 0 aliphatic carbocycles. The summed E-state index contributed by atoms with van der Waals surface area (Å²) in [6.07, 6.45) is 2.46. The van der Waals surface area contributed by atoms with Crippen LogP contribution in [-0.2, 0) is 4.74 Å². The number of hydrogen-bond donors (Lipinski definition) is 2. The predicted octanol–water partition coefficient (Wildman–Crippen LogP) is 3.02. The van der Waals surface area contributed by atoms with E-state index in [1.54, 1.807) is 6.07 Å². The van der Waals surface area contributed by atoms with Crippen molar-refractivity contribution >= 4 is 23.1 Å². The largest absolute Gasteiger partial charge is 0.378 e. The lowest BCUT2D eigenvalue weighted by molar-refractivity contribution is 0.102. The Balaban J connectivity index is 1.69. The molecule has 1 aromatic heterocycles. The van der Waals surface area contributed by atoms with Gasteiger partial charge in [-0.3, -0.25) is 4.79 Å². The lowest BCUT2D eigenvalue weighted by atomic mass is 10.1. The van der Waals surface area contributed by atoms with Crippen LogP contribution in [0.1, 0.15) is 30.8 Å². The molecule has 2 N–H and O–H groups in total. The van der Waals surface area contributed by atoms with E-state index in [4.69, 9.17) is 4.74 Å². The van der Waals surface area contributed by atoms with Gasteiger partial charge in [-0.05, 0) is 24.5 Å². The van der Waals surface area contributed by atoms with Crippen LogP contribution in [0.2, 0.25) is 0 Å². The molecule has 7 heteroatoms. The van der Waals surface area contributed by atoms with Crippen molar-refractivity contribution in [1.82, 2.24) is 9.97 Å². The second-order valence-corrected chi connectivity index (χ2v) is 6.97. The molecule has 0 unspecified atom stereocenters. The van der Waals surface area contributed by atoms with Gasteiger partial charge in [0.15, 0.2) is 0 Å². The van der Waals surface area contributed by atoms with Crippen LogP contribution >= 0.6 is 0 Å². The minimum absolute atomic E-state index is 0.245. The van der Waals surface area contributed by atoms with E-state index in [9.17, 15) is 4.79 Å². The lowest BCUT2D eigenvalue weighted by Gasteiger charge is -2.30. The maximum atomic E-state index is 12.7. The highest BCUT2D eigenvalue weighted by atomic mass is 16.5. The van der Waals surface area contributed by atoms with Crippen molar-refractivity contribution in [3.05, 3.63) is 42.4 Å². The van der Waals surface area contributed by atoms with Crippen LogP contribution in [0.25, 0.3) is 0 Å². The summed E-state index contributed by atoms with van der Waals surface area (Å²) in [7, 11) is 0. The van der Waals surface area contributed by atoms with Crippen LogP contribution in [0.3, 0.4) is 0 Å². The van der Waals surface area contributed by atoms with Crippen LogP contribution in [0.5, 0.6) is 0 Å². The van der Waals surface area contributed by atoms with E-state index in [1.807, 2.05) is 24.3 Å². The van der Waals surface area contributed by atoms with Gasteiger partial charge >= 0.3 is 0 Å². The molecule has 0 radical (unpaired) electrons. The van der Waals surface area contributed by atoms with E-state index in [0.717, 1.165) is 37.4 Å². The third kappa shape index (κ3) is 5.40. The van der Waals surface area contributed by atoms with Gasteiger partial charge in [-0.1, -0.05) is 26.0 Å². The zero-order valence-corrected chi connectivity index (χ0v) is 15.9. The average molecular weight is 369 g/mol. The van der Waals surface area contributed by atoms with Crippen molar-refractivity contribution in [3.8, 4) is 0 Å². The molecule has 2 heterocycles. The smallest absolute Gasteiger partial charge is 0.274 e. The topological polar surface area (TPSA) is 79.4 Å². The number of para-hydroxylation sites is 2. The van der Waals surface area contributed by atoms with Gasteiger partial charge in [0.2, 0.25) is 0 Å². The number of ether oxygens (including phenoxy) is 1. The van der Waals surface area contributed by atoms with Crippen LogP contribution in [0.4, 0.5) is 17.2 Å². The van der Waals surface area contributed by atoms with Crippen LogP contribution in [0, 0.1) is 5.92 Å². The molecular formula is C20H27N5O2. The minimum atomic E-state index is -0.245. The number of carbonyl (C=O) groups excluding carboxylic acids is 1. The minimum Gasteiger partial charge on any atom is -0.378 e. The summed E-state index contributed by atoms with van der Waals surface area (Å²) in [4.78, 5) is 23.2. The summed E-state index contributed by atoms with van der Waals surface area (Å²) in [5, 5.41) is 6.23. The summed E-state index contributed by atoms with van der Waals surface area (Å²) in [5.41, 5.74) is 2.12. The number of anilines is 3. The summed E-state index contributed by atoms with van der Waals surface area (Å²) in [5.74, 6) is 1.03. The van der Waals surface area contributed by atoms with Gasteiger partial charge in [-0.15, -0.1) is 0 Å². The zero-order valence-electron chi connectivity index (χ0n) is 15.9. The highest BCUT2D eigenvalue weighted by Crippen LogP contribution is 2.26. The first-order valence-electron chi connectivity index (χ1n) is 9.42. The maximum Gasteiger partial charge on any atom is 0.274 e. The Morgan fingerprint density at radius 2 is 2.00 bits per heavy atom. The number of morpholine rings is 1. The number of amides is 1. The highest BCUT2D eigenvalue weighted by molar-refractivity contribution is 6.05. The third-order valence-electron chi connectivity index (χ3n) is 4.43. The third-order valence-corrected chi connectivity index (χ3v) is 4.43. The van der Waals surface area contributed by atoms with Crippen molar-refractivity contribution in [2.75, 3.05) is 48.4 Å². The molecule has 3 rings (SSSR count). The Morgan fingerprint density at radius 1 is 1.22 bits per heavy atom. The van der Waals surface area contributed by atoms with Crippen molar-refractivity contribution in [2.24, 2.45) is 5.92 Å². The van der Waals surface area contributed by atoms with Gasteiger partial charge in [-0.25, -0.2) is 9.97 Å². The number of rotatable bonds is 7. The van der Waals surface area contributed by atoms with Gasteiger partial charge in [0.05, 0.1) is 24.6 Å². The fourth-order valence-electron chi connectivity index (χ4n) is 2.91. The molecule has 1 amide bonds. The van der Waals surface area contributed by atoms with E-state index >= 15 is 0 Å². The molecule has 27 heavy (non-hydrogen) atoms. The maximum absolute atomic E-state index is 12.7. The Kier molecular flexibility index (Phi) is 6.59. The first-order chi connectivity index (χ1) is 13.1. The zero-order chi connectivity index (χ0) is 19.1. The first-order valence-corrected chi connectivity index (χ1v) is 9.42. The number of carbonyl (C=O) groups is 1. The van der Waals surface area contributed by atoms with Gasteiger partial charge in [-0.2, -0.15) is 0 Å². The fraction of sp³-hybridized carbons (Fsp3) is 0.450. The van der Waals surface area contributed by atoms with E-state index in [1.165, 1.54) is 6.33 Å². The molecule has 2 aromatic rings. The van der Waals surface area contributed by atoms with E-state index in [-0.39, 0.29) is 5.91 Å². The molecule has 144 valence electrons. The summed E-state index contributed by atoms with van der Waals surface area (Å²) < 4.78 is 5.42. The monoisotopic (exact) mass is 369 g/mol. The Hall–Kier alpha value is -2.67. The molecule has 0 atom stereocenters. The number of benzene rings is 1. The molecule has 0 saturated carbocycles. The molecule has 0 spiro atoms. The molecule has 1 fully saturated rings. The van der Waals surface area contributed by atoms with Gasteiger partial charge in [0.1, 0.15) is 17.8 Å². The fourth-order valence-corrected chi connectivity index (χ4v) is 2.91. The molecule has 7 nitrogen and oxygen atoms in total.